The van der Waals surface area contributed by atoms with Crippen LogP contribution in [0.2, 0.25) is 0 Å². The number of Topliss-reactive ketones (excluding diaryl/α,β-unsaturated/α-hetero) is 1. The summed E-state index contributed by atoms with van der Waals surface area (Å²) in [5, 5.41) is 11.2. The van der Waals surface area contributed by atoms with E-state index in [0.717, 1.165) is 10.1 Å². The largest absolute Gasteiger partial charge is 0.481 e. The Morgan fingerprint density at radius 2 is 1.94 bits per heavy atom. The van der Waals surface area contributed by atoms with E-state index in [0.29, 0.717) is 5.56 Å². The fourth-order valence-electron chi connectivity index (χ4n) is 1.55. The third-order valence-corrected chi connectivity index (χ3v) is 3.31. The molecule has 0 unspecified atom stereocenters. The van der Waals surface area contributed by atoms with Gasteiger partial charge in [-0.15, -0.1) is 11.3 Å². The van der Waals surface area contributed by atoms with E-state index in [1.807, 2.05) is 24.3 Å². The highest BCUT2D eigenvalue weighted by atomic mass is 32.1. The molecule has 0 saturated carbocycles. The zero-order valence-electron chi connectivity index (χ0n) is 8.47. The quantitative estimate of drug-likeness (QED) is 0.827. The molecule has 0 aliphatic heterocycles. The van der Waals surface area contributed by atoms with Crippen LogP contribution in [-0.4, -0.2) is 16.9 Å². The molecule has 0 aliphatic carbocycles. The van der Waals surface area contributed by atoms with Crippen molar-refractivity contribution >= 4 is 33.2 Å². The van der Waals surface area contributed by atoms with Crippen LogP contribution in [0.1, 0.15) is 23.2 Å². The summed E-state index contributed by atoms with van der Waals surface area (Å²) in [6.07, 6.45) is -0.0426. The van der Waals surface area contributed by atoms with Crippen LogP contribution in [0, 0.1) is 0 Å². The van der Waals surface area contributed by atoms with Gasteiger partial charge in [0.1, 0.15) is 0 Å². The molecule has 2 rings (SSSR count). The molecular weight excluding hydrogens is 224 g/mol. The molecule has 1 aromatic carbocycles. The van der Waals surface area contributed by atoms with E-state index in [1.165, 1.54) is 11.3 Å². The first-order valence-electron chi connectivity index (χ1n) is 4.89. The van der Waals surface area contributed by atoms with E-state index >= 15 is 0 Å². The van der Waals surface area contributed by atoms with Crippen LogP contribution in [0.15, 0.2) is 29.6 Å². The second kappa shape index (κ2) is 4.45. The van der Waals surface area contributed by atoms with Gasteiger partial charge in [0.25, 0.3) is 0 Å². The first kappa shape index (κ1) is 10.8. The van der Waals surface area contributed by atoms with E-state index in [2.05, 4.69) is 0 Å². The summed E-state index contributed by atoms with van der Waals surface area (Å²) in [7, 11) is 0. The first-order chi connectivity index (χ1) is 7.68. The molecule has 16 heavy (non-hydrogen) atoms. The first-order valence-corrected chi connectivity index (χ1v) is 5.77. The van der Waals surface area contributed by atoms with Crippen LogP contribution < -0.4 is 0 Å². The van der Waals surface area contributed by atoms with Crippen molar-refractivity contribution in [1.82, 2.24) is 0 Å². The molecule has 0 aliphatic rings. The third kappa shape index (κ3) is 2.12. The number of carboxylic acids is 1. The van der Waals surface area contributed by atoms with Crippen LogP contribution in [0.25, 0.3) is 10.1 Å². The molecule has 82 valence electrons. The number of rotatable bonds is 4. The maximum atomic E-state index is 11.8. The molecule has 3 nitrogen and oxygen atoms in total. The van der Waals surface area contributed by atoms with Gasteiger partial charge in [-0.2, -0.15) is 0 Å². The lowest BCUT2D eigenvalue weighted by atomic mass is 10.1. The molecule has 1 aromatic heterocycles. The third-order valence-electron chi connectivity index (χ3n) is 2.35. The number of hydrogen-bond donors (Lipinski definition) is 1. The van der Waals surface area contributed by atoms with E-state index in [4.69, 9.17) is 5.11 Å². The molecule has 0 saturated heterocycles. The predicted molar refractivity (Wildman–Crippen MR) is 63.0 cm³/mol. The van der Waals surface area contributed by atoms with E-state index in [-0.39, 0.29) is 18.6 Å². The van der Waals surface area contributed by atoms with Crippen molar-refractivity contribution in [2.45, 2.75) is 12.8 Å². The van der Waals surface area contributed by atoms with E-state index < -0.39 is 5.97 Å². The van der Waals surface area contributed by atoms with Gasteiger partial charge in [0.2, 0.25) is 0 Å². The molecular formula is C12H10O3S. The summed E-state index contributed by atoms with van der Waals surface area (Å²) in [4.78, 5) is 22.2. The second-order valence-corrected chi connectivity index (χ2v) is 4.37. The normalized spacial score (nSPS) is 10.5. The lowest BCUT2D eigenvalue weighted by molar-refractivity contribution is -0.136. The summed E-state index contributed by atoms with van der Waals surface area (Å²) < 4.78 is 1.06. The lowest BCUT2D eigenvalue weighted by Gasteiger charge is -1.96. The van der Waals surface area contributed by atoms with Gasteiger partial charge in [0.15, 0.2) is 5.78 Å². The summed E-state index contributed by atoms with van der Waals surface area (Å²) in [5.41, 5.74) is 0.641. The maximum Gasteiger partial charge on any atom is 0.303 e. The summed E-state index contributed by atoms with van der Waals surface area (Å²) >= 11 is 1.51. The molecule has 0 bridgehead atoms. The Morgan fingerprint density at radius 1 is 1.19 bits per heavy atom. The molecule has 0 fully saturated rings. The average molecular weight is 234 g/mol. The number of hydrogen-bond acceptors (Lipinski definition) is 3. The maximum absolute atomic E-state index is 11.8. The smallest absolute Gasteiger partial charge is 0.303 e. The number of ketones is 1. The highest BCUT2D eigenvalue weighted by molar-refractivity contribution is 7.17. The summed E-state index contributed by atoms with van der Waals surface area (Å²) in [5.74, 6) is -1.03. The van der Waals surface area contributed by atoms with Crippen molar-refractivity contribution in [1.29, 1.82) is 0 Å². The molecule has 4 heteroatoms. The second-order valence-electron chi connectivity index (χ2n) is 3.46. The van der Waals surface area contributed by atoms with Crippen molar-refractivity contribution in [3.63, 3.8) is 0 Å². The van der Waals surface area contributed by atoms with Crippen molar-refractivity contribution in [3.8, 4) is 0 Å². The van der Waals surface area contributed by atoms with Crippen molar-refractivity contribution in [2.75, 3.05) is 0 Å². The number of fused-ring (bicyclic) bond motifs is 1. The van der Waals surface area contributed by atoms with Gasteiger partial charge in [-0.25, -0.2) is 0 Å². The van der Waals surface area contributed by atoms with Crippen molar-refractivity contribution < 1.29 is 14.7 Å². The Hall–Kier alpha value is -1.68. The number of carbonyl (C=O) groups excluding carboxylic acids is 1. The molecule has 0 amide bonds. The number of aliphatic carboxylic acids is 1. The number of carboxylic acid groups (broad SMARTS) is 1. The standard InChI is InChI=1S/C12H10O3S/c13-10(5-6-12(14)15)9-7-16-11-4-2-1-3-8(9)11/h1-4,7H,5-6H2,(H,14,15). The SMILES string of the molecule is O=C(O)CCC(=O)c1csc2ccccc12. The van der Waals surface area contributed by atoms with Crippen molar-refractivity contribution in [3.05, 3.63) is 35.2 Å². The summed E-state index contributed by atoms with van der Waals surface area (Å²) in [6, 6.07) is 7.64. The molecule has 1 heterocycles. The monoisotopic (exact) mass is 234 g/mol. The Balaban J connectivity index is 2.26. The molecule has 2 aromatic rings. The number of benzene rings is 1. The zero-order chi connectivity index (χ0) is 11.5. The van der Waals surface area contributed by atoms with E-state index in [9.17, 15) is 9.59 Å². The van der Waals surface area contributed by atoms with Crippen LogP contribution in [0.5, 0.6) is 0 Å². The molecule has 0 radical (unpaired) electrons. The minimum atomic E-state index is -0.937. The minimum Gasteiger partial charge on any atom is -0.481 e. The molecule has 0 spiro atoms. The van der Waals surface area contributed by atoms with Crippen LogP contribution in [-0.2, 0) is 4.79 Å². The van der Waals surface area contributed by atoms with Gasteiger partial charge in [-0.05, 0) is 6.07 Å². The fraction of sp³-hybridized carbons (Fsp3) is 0.167. The molecule has 0 atom stereocenters. The highest BCUT2D eigenvalue weighted by Crippen LogP contribution is 2.26. The Kier molecular flexibility index (Phi) is 3.01. The number of carbonyl (C=O) groups is 2. The Labute approximate surface area is 96.3 Å². The van der Waals surface area contributed by atoms with Crippen molar-refractivity contribution in [2.24, 2.45) is 0 Å². The Bertz CT molecular complexity index is 542. The van der Waals surface area contributed by atoms with E-state index in [1.54, 1.807) is 5.38 Å². The van der Waals surface area contributed by atoms with Crippen LogP contribution in [0.4, 0.5) is 0 Å². The van der Waals surface area contributed by atoms with Crippen LogP contribution >= 0.6 is 11.3 Å². The minimum absolute atomic E-state index is 0.0655. The fourth-order valence-corrected chi connectivity index (χ4v) is 2.51. The van der Waals surface area contributed by atoms with Gasteiger partial charge in [0, 0.05) is 27.5 Å². The molecule has 1 N–H and O–H groups in total. The van der Waals surface area contributed by atoms with Gasteiger partial charge in [-0.3, -0.25) is 9.59 Å². The van der Waals surface area contributed by atoms with Gasteiger partial charge in [0.05, 0.1) is 6.42 Å². The lowest BCUT2D eigenvalue weighted by Crippen LogP contribution is -2.02. The topological polar surface area (TPSA) is 54.4 Å². The average Bonchev–Trinajstić information content (AvgIpc) is 2.69. The van der Waals surface area contributed by atoms with Gasteiger partial charge >= 0.3 is 5.97 Å². The number of thiophene rings is 1. The zero-order valence-corrected chi connectivity index (χ0v) is 9.29. The predicted octanol–water partition coefficient (Wildman–Crippen LogP) is 2.95. The van der Waals surface area contributed by atoms with Gasteiger partial charge < -0.3 is 5.11 Å². The van der Waals surface area contributed by atoms with Gasteiger partial charge in [-0.1, -0.05) is 18.2 Å². The Morgan fingerprint density at radius 3 is 2.69 bits per heavy atom. The van der Waals surface area contributed by atoms with Crippen LogP contribution in [0.3, 0.4) is 0 Å². The highest BCUT2D eigenvalue weighted by Gasteiger charge is 2.12. The summed E-state index contributed by atoms with van der Waals surface area (Å²) in [6.45, 7) is 0.